The third-order valence-corrected chi connectivity index (χ3v) is 13.5. The fraction of sp³-hybridized carbons (Fsp3) is 0.321. The van der Waals surface area contributed by atoms with Gasteiger partial charge in [-0.1, -0.05) is 131 Å². The summed E-state index contributed by atoms with van der Waals surface area (Å²) in [5, 5.41) is 1.13. The first-order valence-electron chi connectivity index (χ1n) is 22.4. The first-order chi connectivity index (χ1) is 29.3. The van der Waals surface area contributed by atoms with Crippen LogP contribution in [0, 0.1) is 13.8 Å². The van der Waals surface area contributed by atoms with Crippen LogP contribution in [0.3, 0.4) is 0 Å². The zero-order valence-electron chi connectivity index (χ0n) is 38.8. The van der Waals surface area contributed by atoms with Gasteiger partial charge in [0.15, 0.2) is 11.5 Å². The summed E-state index contributed by atoms with van der Waals surface area (Å²) in [6.45, 7) is 29.9. The predicted molar refractivity (Wildman–Crippen MR) is 261 cm³/mol. The molecule has 0 fully saturated rings. The molecule has 5 nitrogen and oxygen atoms in total. The SMILES string of the molecule is Cc1cc(C(C)(C)C)cc(C)c1N1c2cc(C(C)C)cc3c2B(c2cc4c(cc2N3c2ccc(C(C)(C)C)cc2-c2ccccc2)OCO4)c2oc3ccc(C(C)(C)C)cc3c21. The zero-order chi connectivity index (χ0) is 43.8. The summed E-state index contributed by atoms with van der Waals surface area (Å²) >= 11 is 0. The van der Waals surface area contributed by atoms with Crippen molar-refractivity contribution in [2.75, 3.05) is 16.6 Å². The summed E-state index contributed by atoms with van der Waals surface area (Å²) in [7, 11) is 0. The van der Waals surface area contributed by atoms with Crippen molar-refractivity contribution in [3.63, 3.8) is 0 Å². The Morgan fingerprint density at radius 2 is 1.16 bits per heavy atom. The maximum Gasteiger partial charge on any atom is 0.297 e. The number of anilines is 6. The molecule has 0 amide bonds. The highest BCUT2D eigenvalue weighted by atomic mass is 16.7. The average Bonchev–Trinajstić information content (AvgIpc) is 3.83. The van der Waals surface area contributed by atoms with Gasteiger partial charge in [-0.2, -0.15) is 0 Å². The van der Waals surface area contributed by atoms with Gasteiger partial charge in [-0.3, -0.25) is 0 Å². The van der Waals surface area contributed by atoms with Gasteiger partial charge in [0, 0.05) is 34.1 Å². The van der Waals surface area contributed by atoms with Crippen LogP contribution >= 0.6 is 0 Å². The van der Waals surface area contributed by atoms with Crippen molar-refractivity contribution < 1.29 is 13.9 Å². The topological polar surface area (TPSA) is 38.1 Å². The molecule has 4 heterocycles. The highest BCUT2D eigenvalue weighted by molar-refractivity contribution is 7.00. The van der Waals surface area contributed by atoms with Crippen LogP contribution in [0.4, 0.5) is 34.1 Å². The lowest BCUT2D eigenvalue weighted by Crippen LogP contribution is -2.61. The number of nitrogens with zero attached hydrogens (tertiary/aromatic N) is 2. The molecule has 0 bridgehead atoms. The van der Waals surface area contributed by atoms with Gasteiger partial charge in [-0.25, -0.2) is 0 Å². The number of benzene rings is 6. The third-order valence-electron chi connectivity index (χ3n) is 13.5. The number of furan rings is 1. The molecule has 0 saturated heterocycles. The van der Waals surface area contributed by atoms with Crippen LogP contribution in [0.5, 0.6) is 11.5 Å². The van der Waals surface area contributed by atoms with Crippen LogP contribution < -0.4 is 35.9 Å². The van der Waals surface area contributed by atoms with Crippen LogP contribution in [0.1, 0.15) is 115 Å². The minimum absolute atomic E-state index is 0.00211. The Balaban J connectivity index is 1.36. The van der Waals surface area contributed by atoms with E-state index in [0.29, 0.717) is 0 Å². The molecule has 7 aromatic rings. The molecular formula is C56H59BN2O3. The maximum absolute atomic E-state index is 7.33. The Labute approximate surface area is 368 Å². The van der Waals surface area contributed by atoms with Gasteiger partial charge >= 0.3 is 0 Å². The lowest BCUT2D eigenvalue weighted by molar-refractivity contribution is 0.174. The first kappa shape index (κ1) is 40.2. The van der Waals surface area contributed by atoms with E-state index >= 15 is 0 Å². The summed E-state index contributed by atoms with van der Waals surface area (Å²) in [6.07, 6.45) is 0. The Hall–Kier alpha value is -5.88. The Morgan fingerprint density at radius 3 is 1.79 bits per heavy atom. The zero-order valence-corrected chi connectivity index (χ0v) is 38.8. The Bertz CT molecular complexity index is 2930. The van der Waals surface area contributed by atoms with E-state index in [1.54, 1.807) is 0 Å². The molecule has 0 spiro atoms. The highest BCUT2D eigenvalue weighted by Crippen LogP contribution is 2.52. The fourth-order valence-corrected chi connectivity index (χ4v) is 9.97. The van der Waals surface area contributed by atoms with Gasteiger partial charge in [-0.05, 0) is 128 Å². The largest absolute Gasteiger partial charge is 0.468 e. The molecular weight excluding hydrogens is 759 g/mol. The van der Waals surface area contributed by atoms with Crippen LogP contribution in [0.2, 0.25) is 0 Å². The summed E-state index contributed by atoms with van der Waals surface area (Å²) in [5.41, 5.74) is 20.9. The quantitative estimate of drug-likeness (QED) is 0.165. The van der Waals surface area contributed by atoms with Crippen LogP contribution in [-0.2, 0) is 16.2 Å². The molecule has 1 aromatic heterocycles. The molecule has 62 heavy (non-hydrogen) atoms. The van der Waals surface area contributed by atoms with Crippen LogP contribution in [-0.4, -0.2) is 13.5 Å². The van der Waals surface area contributed by atoms with E-state index in [2.05, 4.69) is 203 Å². The van der Waals surface area contributed by atoms with Crippen molar-refractivity contribution in [3.05, 3.63) is 137 Å². The van der Waals surface area contributed by atoms with E-state index in [1.165, 1.54) is 61.3 Å². The molecule has 0 unspecified atom stereocenters. The summed E-state index contributed by atoms with van der Waals surface area (Å²) in [5.74, 6) is 1.78. The second-order valence-corrected chi connectivity index (χ2v) is 21.3. The summed E-state index contributed by atoms with van der Waals surface area (Å²) < 4.78 is 19.7. The molecule has 0 saturated carbocycles. The number of hydrogen-bond donors (Lipinski definition) is 0. The molecule has 10 rings (SSSR count). The third kappa shape index (κ3) is 6.27. The highest BCUT2D eigenvalue weighted by Gasteiger charge is 2.48. The first-order valence-corrected chi connectivity index (χ1v) is 22.4. The second-order valence-electron chi connectivity index (χ2n) is 21.3. The minimum Gasteiger partial charge on any atom is -0.468 e. The van der Waals surface area contributed by atoms with Gasteiger partial charge in [0.2, 0.25) is 6.79 Å². The predicted octanol–water partition coefficient (Wildman–Crippen LogP) is 13.5. The van der Waals surface area contributed by atoms with Crippen molar-refractivity contribution in [1.82, 2.24) is 0 Å². The van der Waals surface area contributed by atoms with Crippen molar-refractivity contribution >= 4 is 68.4 Å². The summed E-state index contributed by atoms with van der Waals surface area (Å²) in [4.78, 5) is 5.09. The van der Waals surface area contributed by atoms with E-state index in [-0.39, 0.29) is 35.7 Å². The maximum atomic E-state index is 7.33. The van der Waals surface area contributed by atoms with Crippen LogP contribution in [0.15, 0.2) is 108 Å². The standard InChI is InChI=1S/C56H59BN2O3/c1-32(2)36-25-45-50-46(26-36)59(51-33(3)23-39(24-34(51)4)56(11,12)13)52-41-28-38(55(8,9)10)20-22-47(41)62-53(52)57(50)42-29-48-49(61-31-60-48)30-44(42)58(45)43-21-19-37(54(5,6)7)27-40(43)35-17-15-14-16-18-35/h14-30,32H,31H2,1-13H3. The molecule has 3 aliphatic heterocycles. The molecule has 0 aliphatic carbocycles. The molecule has 314 valence electrons. The normalized spacial score (nSPS) is 14.5. The van der Waals surface area contributed by atoms with Crippen molar-refractivity contribution in [1.29, 1.82) is 0 Å². The molecule has 3 aliphatic rings. The Kier molecular flexibility index (Phi) is 8.96. The molecule has 6 aromatic carbocycles. The van der Waals surface area contributed by atoms with Gasteiger partial charge in [0.25, 0.3) is 6.71 Å². The van der Waals surface area contributed by atoms with Crippen molar-refractivity contribution in [2.45, 2.75) is 112 Å². The summed E-state index contributed by atoms with van der Waals surface area (Å²) in [6, 6.07) is 38.9. The smallest absolute Gasteiger partial charge is 0.297 e. The van der Waals surface area contributed by atoms with E-state index in [4.69, 9.17) is 13.9 Å². The number of rotatable bonds is 4. The van der Waals surface area contributed by atoms with Gasteiger partial charge in [0.1, 0.15) is 5.58 Å². The number of ether oxygens (including phenoxy) is 2. The molecule has 0 radical (unpaired) electrons. The monoisotopic (exact) mass is 818 g/mol. The average molecular weight is 819 g/mol. The van der Waals surface area contributed by atoms with E-state index in [0.717, 1.165) is 56.3 Å². The van der Waals surface area contributed by atoms with Crippen molar-refractivity contribution in [2.24, 2.45) is 0 Å². The molecule has 6 heteroatoms. The Morgan fingerprint density at radius 1 is 0.565 bits per heavy atom. The van der Waals surface area contributed by atoms with Gasteiger partial charge < -0.3 is 23.7 Å². The number of fused-ring (bicyclic) bond motifs is 7. The minimum atomic E-state index is -0.220. The van der Waals surface area contributed by atoms with Crippen molar-refractivity contribution in [3.8, 4) is 22.6 Å². The second kappa shape index (κ2) is 13.8. The van der Waals surface area contributed by atoms with Crippen LogP contribution in [0.25, 0.3) is 22.1 Å². The number of aryl methyl sites for hydroxylation is 2. The van der Waals surface area contributed by atoms with Gasteiger partial charge in [-0.15, -0.1) is 0 Å². The fourth-order valence-electron chi connectivity index (χ4n) is 9.97. The van der Waals surface area contributed by atoms with E-state index in [9.17, 15) is 0 Å². The lowest BCUT2D eigenvalue weighted by atomic mass is 9.35. The molecule has 0 atom stereocenters. The van der Waals surface area contributed by atoms with Gasteiger partial charge in [0.05, 0.1) is 22.7 Å². The van der Waals surface area contributed by atoms with E-state index < -0.39 is 0 Å². The number of hydrogen-bond acceptors (Lipinski definition) is 5. The lowest BCUT2D eigenvalue weighted by Gasteiger charge is -2.44. The van der Waals surface area contributed by atoms with E-state index in [1.807, 2.05) is 0 Å². The molecule has 0 N–H and O–H groups in total.